The van der Waals surface area contributed by atoms with Crippen LogP contribution in [0, 0.1) is 23.2 Å². The number of carbonyl (C=O) groups is 2. The van der Waals surface area contributed by atoms with E-state index in [-0.39, 0.29) is 41.5 Å². The fourth-order valence-corrected chi connectivity index (χ4v) is 9.19. The third kappa shape index (κ3) is 4.79. The maximum absolute atomic E-state index is 11.6. The van der Waals surface area contributed by atoms with Crippen LogP contribution < -0.4 is 0 Å². The van der Waals surface area contributed by atoms with Gasteiger partial charge in [0, 0.05) is 20.3 Å². The maximum atomic E-state index is 11.6. The zero-order valence-electron chi connectivity index (χ0n) is 23.9. The van der Waals surface area contributed by atoms with Gasteiger partial charge in [-0.3, -0.25) is 9.59 Å². The van der Waals surface area contributed by atoms with Crippen LogP contribution >= 0.6 is 0 Å². The van der Waals surface area contributed by atoms with Crippen molar-refractivity contribution in [3.05, 3.63) is 12.2 Å². The van der Waals surface area contributed by atoms with E-state index in [1.54, 1.807) is 0 Å². The summed E-state index contributed by atoms with van der Waals surface area (Å²) in [5.41, 5.74) is 0.640. The topological polar surface area (TPSA) is 77.7 Å². The number of esters is 2. The lowest BCUT2D eigenvalue weighted by molar-refractivity contribution is -0.154. The van der Waals surface area contributed by atoms with Crippen molar-refractivity contribution in [1.82, 2.24) is 0 Å². The smallest absolute Gasteiger partial charge is 0.303 e. The summed E-state index contributed by atoms with van der Waals surface area (Å²) in [7, 11) is 0. The summed E-state index contributed by atoms with van der Waals surface area (Å²) < 4.78 is 24.2. The van der Waals surface area contributed by atoms with Gasteiger partial charge in [-0.15, -0.1) is 0 Å². The van der Waals surface area contributed by atoms with Crippen LogP contribution in [0.25, 0.3) is 0 Å². The first-order valence-electron chi connectivity index (χ1n) is 14.7. The molecule has 6 nitrogen and oxygen atoms in total. The van der Waals surface area contributed by atoms with Crippen molar-refractivity contribution in [3.63, 3.8) is 0 Å². The summed E-state index contributed by atoms with van der Waals surface area (Å²) in [4.78, 5) is 23.0. The monoisotopic (exact) mass is 516 g/mol. The Morgan fingerprint density at radius 2 is 1.86 bits per heavy atom. The number of rotatable bonds is 8. The summed E-state index contributed by atoms with van der Waals surface area (Å²) in [6.45, 7) is 16.4. The van der Waals surface area contributed by atoms with Crippen molar-refractivity contribution < 1.29 is 28.5 Å². The van der Waals surface area contributed by atoms with Crippen LogP contribution in [0.4, 0.5) is 0 Å². The quantitative estimate of drug-likeness (QED) is 0.214. The van der Waals surface area contributed by atoms with Crippen molar-refractivity contribution in [2.45, 2.75) is 147 Å². The third-order valence-electron chi connectivity index (χ3n) is 10.8. The average Bonchev–Trinajstić information content (AvgIpc) is 3.63. The lowest BCUT2D eigenvalue weighted by atomic mass is 9.57. The van der Waals surface area contributed by atoms with E-state index in [0.717, 1.165) is 44.1 Å². The van der Waals surface area contributed by atoms with Gasteiger partial charge in [0.1, 0.15) is 35.1 Å². The minimum atomic E-state index is -0.393. The third-order valence-corrected chi connectivity index (χ3v) is 10.8. The van der Waals surface area contributed by atoms with Crippen LogP contribution in [0.5, 0.6) is 0 Å². The van der Waals surface area contributed by atoms with E-state index in [4.69, 9.17) is 18.9 Å². The van der Waals surface area contributed by atoms with Crippen LogP contribution in [0.15, 0.2) is 12.2 Å². The van der Waals surface area contributed by atoms with E-state index < -0.39 is 5.60 Å². The molecule has 2 saturated heterocycles. The fourth-order valence-electron chi connectivity index (χ4n) is 9.19. The summed E-state index contributed by atoms with van der Waals surface area (Å²) in [6.07, 6.45) is 11.8. The zero-order chi connectivity index (χ0) is 26.8. The van der Waals surface area contributed by atoms with Crippen LogP contribution in [0.3, 0.4) is 0 Å². The fraction of sp³-hybridized carbons (Fsp3) is 0.871. The van der Waals surface area contributed by atoms with E-state index in [2.05, 4.69) is 20.4 Å². The minimum absolute atomic E-state index is 0.0540. The Hall–Kier alpha value is -1.40. The largest absolute Gasteiger partial charge is 0.462 e. The molecule has 6 heteroatoms. The van der Waals surface area contributed by atoms with E-state index in [1.165, 1.54) is 46.0 Å². The molecule has 9 atom stereocenters. The first kappa shape index (κ1) is 27.2. The van der Waals surface area contributed by atoms with Gasteiger partial charge in [0.2, 0.25) is 0 Å². The predicted octanol–water partition coefficient (Wildman–Crippen LogP) is 6.30. The molecule has 3 saturated carbocycles. The van der Waals surface area contributed by atoms with E-state index in [1.807, 2.05) is 13.8 Å². The van der Waals surface area contributed by atoms with E-state index in [0.29, 0.717) is 23.2 Å². The van der Waals surface area contributed by atoms with Crippen LogP contribution in [-0.2, 0) is 28.5 Å². The molecule has 2 aliphatic heterocycles. The van der Waals surface area contributed by atoms with Crippen molar-refractivity contribution in [2.75, 3.05) is 0 Å². The average molecular weight is 517 g/mol. The molecule has 37 heavy (non-hydrogen) atoms. The Balaban J connectivity index is 1.22. The molecule has 2 heterocycles. The molecule has 0 aromatic heterocycles. The molecular formula is C31H48O6. The second kappa shape index (κ2) is 9.36. The zero-order valence-corrected chi connectivity index (χ0v) is 23.9. The molecule has 2 spiro atoms. The van der Waals surface area contributed by atoms with Crippen LogP contribution in [-0.4, -0.2) is 47.1 Å². The molecule has 0 amide bonds. The highest BCUT2D eigenvalue weighted by Gasteiger charge is 2.78. The molecule has 0 N–H and O–H groups in total. The Morgan fingerprint density at radius 1 is 1.11 bits per heavy atom. The first-order valence-corrected chi connectivity index (χ1v) is 14.7. The van der Waals surface area contributed by atoms with Gasteiger partial charge >= 0.3 is 11.9 Å². The van der Waals surface area contributed by atoms with Gasteiger partial charge in [-0.1, -0.05) is 26.8 Å². The summed E-state index contributed by atoms with van der Waals surface area (Å²) >= 11 is 0. The normalized spacial score (nSPS) is 43.4. The van der Waals surface area contributed by atoms with Gasteiger partial charge in [-0.25, -0.2) is 0 Å². The van der Waals surface area contributed by atoms with Gasteiger partial charge in [0.05, 0.1) is 0 Å². The molecule has 3 aliphatic carbocycles. The molecule has 0 unspecified atom stereocenters. The highest BCUT2D eigenvalue weighted by molar-refractivity contribution is 5.66. The number of fused-ring (bicyclic) bond motifs is 2. The van der Waals surface area contributed by atoms with Crippen molar-refractivity contribution >= 4 is 11.9 Å². The maximum Gasteiger partial charge on any atom is 0.303 e. The number of ether oxygens (including phenoxy) is 4. The Bertz CT molecular complexity index is 942. The second-order valence-corrected chi connectivity index (χ2v) is 13.8. The predicted molar refractivity (Wildman–Crippen MR) is 141 cm³/mol. The Kier molecular flexibility index (Phi) is 6.88. The number of carbonyl (C=O) groups excluding carboxylic acids is 2. The van der Waals surface area contributed by atoms with Crippen LogP contribution in [0.1, 0.15) is 112 Å². The Labute approximate surface area is 223 Å². The second-order valence-electron chi connectivity index (χ2n) is 13.8. The highest BCUT2D eigenvalue weighted by Crippen LogP contribution is 2.71. The van der Waals surface area contributed by atoms with Gasteiger partial charge in [-0.05, 0) is 100 Å². The van der Waals surface area contributed by atoms with Crippen molar-refractivity contribution in [1.29, 1.82) is 0 Å². The molecule has 0 bridgehead atoms. The summed E-state index contributed by atoms with van der Waals surface area (Å²) in [5, 5.41) is 0. The molecule has 0 radical (unpaired) electrons. The number of epoxide rings is 2. The lowest BCUT2D eigenvalue weighted by Crippen LogP contribution is -2.45. The molecule has 5 aliphatic rings. The van der Waals surface area contributed by atoms with E-state index >= 15 is 0 Å². The standard InChI is InChI=1S/C31H48O6/c1-19(10-8-15-28(5,6)35-22(4)33)24-13-14-25-29(24,7)16-9-17-30(25)26(36-30)27-31(37-27)18-23(34-21(3)32)12-11-20(31)2/h19,23-27H,2,8-18H2,1,3-7H3/t19-,23+,24-,25-,26+,27-,29-,30-,31+/m1/s1. The molecule has 208 valence electrons. The molecule has 0 aromatic carbocycles. The molecule has 0 aromatic rings. The highest BCUT2D eigenvalue weighted by atomic mass is 16.7. The summed E-state index contributed by atoms with van der Waals surface area (Å²) in [5.74, 6) is 1.50. The molecular weight excluding hydrogens is 468 g/mol. The summed E-state index contributed by atoms with van der Waals surface area (Å²) in [6, 6.07) is 0. The van der Waals surface area contributed by atoms with Gasteiger partial charge in [-0.2, -0.15) is 0 Å². The van der Waals surface area contributed by atoms with Gasteiger partial charge < -0.3 is 18.9 Å². The van der Waals surface area contributed by atoms with Crippen molar-refractivity contribution in [3.8, 4) is 0 Å². The van der Waals surface area contributed by atoms with Gasteiger partial charge in [0.25, 0.3) is 0 Å². The minimum Gasteiger partial charge on any atom is -0.462 e. The Morgan fingerprint density at radius 3 is 2.57 bits per heavy atom. The van der Waals surface area contributed by atoms with Crippen LogP contribution in [0.2, 0.25) is 0 Å². The number of hydrogen-bond donors (Lipinski definition) is 0. The van der Waals surface area contributed by atoms with Crippen molar-refractivity contribution in [2.24, 2.45) is 23.2 Å². The molecule has 5 fully saturated rings. The number of hydrogen-bond acceptors (Lipinski definition) is 6. The molecule has 5 rings (SSSR count). The van der Waals surface area contributed by atoms with E-state index in [9.17, 15) is 9.59 Å². The lowest BCUT2D eigenvalue weighted by Gasteiger charge is -2.46. The first-order chi connectivity index (χ1) is 17.3. The SMILES string of the molecule is C=C1CC[C@H](OC(C)=O)C[C@]12O[C@@H]2[C@@H]1O[C@@]12CCC[C@]1(C)[C@@H]([C@H](C)CCCC(C)(C)OC(C)=O)CC[C@H]12. The van der Waals surface area contributed by atoms with Gasteiger partial charge in [0.15, 0.2) is 0 Å².